The Hall–Kier alpha value is -1.81. The molecule has 2 N–H and O–H groups in total. The number of hydrogen-bond acceptors (Lipinski definition) is 2. The van der Waals surface area contributed by atoms with Crippen LogP contribution in [-0.4, -0.2) is 17.1 Å². The number of carboxylic acids is 1. The third kappa shape index (κ3) is 3.39. The van der Waals surface area contributed by atoms with Gasteiger partial charge >= 0.3 is 5.97 Å². The fourth-order valence-corrected chi connectivity index (χ4v) is 2.49. The Balaban J connectivity index is 2.24. The number of rotatable bonds is 5. The number of halogens is 1. The molecule has 3 nitrogen and oxygen atoms in total. The van der Waals surface area contributed by atoms with Crippen LogP contribution in [0.2, 0.25) is 0 Å². The highest BCUT2D eigenvalue weighted by Gasteiger charge is 2.26. The zero-order valence-electron chi connectivity index (χ0n) is 11.1. The number of benzene rings is 2. The number of para-hydroxylation sites is 1. The molecule has 0 bridgehead atoms. The molecule has 0 radical (unpaired) electrons. The predicted octanol–water partition coefficient (Wildman–Crippen LogP) is 4.12. The summed E-state index contributed by atoms with van der Waals surface area (Å²) in [5.74, 6) is -1.00. The van der Waals surface area contributed by atoms with Gasteiger partial charge in [-0.1, -0.05) is 49.4 Å². The number of nitrogens with one attached hydrogen (secondary N) is 1. The summed E-state index contributed by atoms with van der Waals surface area (Å²) in [5.41, 5.74) is 1.78. The highest BCUT2D eigenvalue weighted by molar-refractivity contribution is 9.10. The van der Waals surface area contributed by atoms with Crippen LogP contribution in [-0.2, 0) is 4.79 Å². The van der Waals surface area contributed by atoms with Crippen molar-refractivity contribution in [2.45, 2.75) is 18.9 Å². The fourth-order valence-electron chi connectivity index (χ4n) is 2.10. The summed E-state index contributed by atoms with van der Waals surface area (Å²) < 4.78 is 0.853. The molecule has 2 aromatic rings. The number of carbonyl (C=O) groups is 1. The van der Waals surface area contributed by atoms with Crippen molar-refractivity contribution in [3.63, 3.8) is 0 Å². The lowest BCUT2D eigenvalue weighted by Gasteiger charge is -2.23. The van der Waals surface area contributed by atoms with Crippen molar-refractivity contribution >= 4 is 27.6 Å². The third-order valence-corrected chi connectivity index (χ3v) is 3.97. The van der Waals surface area contributed by atoms with Crippen molar-refractivity contribution in [2.24, 2.45) is 0 Å². The number of aliphatic carboxylic acids is 1. The molecular weight excluding hydrogens is 318 g/mol. The smallest absolute Gasteiger partial charge is 0.326 e. The Kier molecular flexibility index (Phi) is 4.79. The van der Waals surface area contributed by atoms with Gasteiger partial charge in [0.1, 0.15) is 6.04 Å². The van der Waals surface area contributed by atoms with Crippen LogP contribution in [0.3, 0.4) is 0 Å². The van der Waals surface area contributed by atoms with Crippen LogP contribution in [0.4, 0.5) is 5.69 Å². The molecule has 2 aromatic carbocycles. The van der Waals surface area contributed by atoms with Crippen molar-refractivity contribution < 1.29 is 9.90 Å². The normalized spacial score (nSPS) is 13.5. The van der Waals surface area contributed by atoms with Gasteiger partial charge in [-0.3, -0.25) is 0 Å². The van der Waals surface area contributed by atoms with Crippen LogP contribution in [0.15, 0.2) is 59.1 Å². The molecule has 0 fully saturated rings. The molecule has 0 spiro atoms. The van der Waals surface area contributed by atoms with Gasteiger partial charge in [0.25, 0.3) is 0 Å². The molecule has 2 atom stereocenters. The van der Waals surface area contributed by atoms with Crippen LogP contribution in [0.1, 0.15) is 18.4 Å². The first-order chi connectivity index (χ1) is 9.59. The topological polar surface area (TPSA) is 49.3 Å². The second-order valence-electron chi connectivity index (χ2n) is 4.64. The zero-order valence-corrected chi connectivity index (χ0v) is 12.7. The lowest BCUT2D eigenvalue weighted by Crippen LogP contribution is -2.34. The summed E-state index contributed by atoms with van der Waals surface area (Å²) in [6, 6.07) is 16.5. The third-order valence-electron chi connectivity index (χ3n) is 3.28. The van der Waals surface area contributed by atoms with Crippen LogP contribution in [0.25, 0.3) is 0 Å². The van der Waals surface area contributed by atoms with Gasteiger partial charge in [0.2, 0.25) is 0 Å². The summed E-state index contributed by atoms with van der Waals surface area (Å²) in [5, 5.41) is 12.6. The highest BCUT2D eigenvalue weighted by Crippen LogP contribution is 2.27. The Morgan fingerprint density at radius 2 is 1.70 bits per heavy atom. The summed E-state index contributed by atoms with van der Waals surface area (Å²) >= 11 is 3.42. The summed E-state index contributed by atoms with van der Waals surface area (Å²) in [4.78, 5) is 11.6. The molecule has 104 valence electrons. The number of hydrogen-bond donors (Lipinski definition) is 2. The van der Waals surface area contributed by atoms with Crippen LogP contribution >= 0.6 is 15.9 Å². The van der Waals surface area contributed by atoms with Crippen molar-refractivity contribution in [3.8, 4) is 0 Å². The van der Waals surface area contributed by atoms with E-state index in [2.05, 4.69) is 21.2 Å². The second-order valence-corrected chi connectivity index (χ2v) is 5.49. The predicted molar refractivity (Wildman–Crippen MR) is 84.0 cm³/mol. The van der Waals surface area contributed by atoms with E-state index >= 15 is 0 Å². The molecular formula is C16H16BrNO2. The van der Waals surface area contributed by atoms with Gasteiger partial charge in [0.15, 0.2) is 0 Å². The molecule has 0 amide bonds. The maximum absolute atomic E-state index is 11.6. The maximum Gasteiger partial charge on any atom is 0.326 e. The number of carboxylic acid groups (broad SMARTS) is 1. The van der Waals surface area contributed by atoms with Crippen LogP contribution in [0.5, 0.6) is 0 Å². The molecule has 2 rings (SSSR count). The molecule has 0 aliphatic rings. The maximum atomic E-state index is 11.6. The molecule has 0 saturated heterocycles. The van der Waals surface area contributed by atoms with Gasteiger partial charge < -0.3 is 10.4 Å². The van der Waals surface area contributed by atoms with Crippen LogP contribution < -0.4 is 5.32 Å². The average Bonchev–Trinajstić information content (AvgIpc) is 2.46. The van der Waals surface area contributed by atoms with Gasteiger partial charge in [-0.2, -0.15) is 0 Å². The molecule has 0 saturated carbocycles. The van der Waals surface area contributed by atoms with Gasteiger partial charge in [0, 0.05) is 16.1 Å². The Bertz CT molecular complexity index is 586. The minimum Gasteiger partial charge on any atom is -0.480 e. The first-order valence-electron chi connectivity index (χ1n) is 6.38. The molecule has 0 aliphatic heterocycles. The SMILES string of the molecule is CC(c1ccccc1)C(Nc1ccccc1Br)C(=O)O. The molecule has 4 heteroatoms. The van der Waals surface area contributed by atoms with E-state index in [4.69, 9.17) is 0 Å². The highest BCUT2D eigenvalue weighted by atomic mass is 79.9. The monoisotopic (exact) mass is 333 g/mol. The number of anilines is 1. The summed E-state index contributed by atoms with van der Waals surface area (Å²) in [7, 11) is 0. The molecule has 0 heterocycles. The van der Waals surface area contributed by atoms with E-state index in [0.717, 1.165) is 15.7 Å². The average molecular weight is 334 g/mol. The zero-order chi connectivity index (χ0) is 14.5. The Morgan fingerprint density at radius 1 is 1.10 bits per heavy atom. The minimum absolute atomic E-state index is 0.138. The lowest BCUT2D eigenvalue weighted by molar-refractivity contribution is -0.138. The van der Waals surface area contributed by atoms with Crippen molar-refractivity contribution in [3.05, 3.63) is 64.6 Å². The fraction of sp³-hybridized carbons (Fsp3) is 0.188. The van der Waals surface area contributed by atoms with E-state index in [1.807, 2.05) is 61.5 Å². The van der Waals surface area contributed by atoms with Crippen molar-refractivity contribution in [1.29, 1.82) is 0 Å². The van der Waals surface area contributed by atoms with E-state index < -0.39 is 12.0 Å². The van der Waals surface area contributed by atoms with Crippen molar-refractivity contribution in [1.82, 2.24) is 0 Å². The molecule has 20 heavy (non-hydrogen) atoms. The standard InChI is InChI=1S/C16H16BrNO2/c1-11(12-7-3-2-4-8-12)15(16(19)20)18-14-10-6-5-9-13(14)17/h2-11,15,18H,1H3,(H,19,20). The van der Waals surface area contributed by atoms with E-state index in [9.17, 15) is 9.90 Å². The van der Waals surface area contributed by atoms with E-state index in [-0.39, 0.29) is 5.92 Å². The molecule has 0 aromatic heterocycles. The van der Waals surface area contributed by atoms with E-state index in [1.54, 1.807) is 0 Å². The quantitative estimate of drug-likeness (QED) is 0.865. The van der Waals surface area contributed by atoms with Gasteiger partial charge in [-0.25, -0.2) is 4.79 Å². The lowest BCUT2D eigenvalue weighted by atomic mass is 9.93. The van der Waals surface area contributed by atoms with Gasteiger partial charge in [-0.05, 0) is 33.6 Å². The van der Waals surface area contributed by atoms with Crippen LogP contribution in [0, 0.1) is 0 Å². The van der Waals surface area contributed by atoms with E-state index in [1.165, 1.54) is 0 Å². The van der Waals surface area contributed by atoms with Gasteiger partial charge in [-0.15, -0.1) is 0 Å². The van der Waals surface area contributed by atoms with E-state index in [0.29, 0.717) is 0 Å². The van der Waals surface area contributed by atoms with Crippen molar-refractivity contribution in [2.75, 3.05) is 5.32 Å². The first-order valence-corrected chi connectivity index (χ1v) is 7.17. The largest absolute Gasteiger partial charge is 0.480 e. The summed E-state index contributed by atoms with van der Waals surface area (Å²) in [6.45, 7) is 1.91. The Morgan fingerprint density at radius 3 is 2.30 bits per heavy atom. The first kappa shape index (κ1) is 14.6. The minimum atomic E-state index is -0.864. The second kappa shape index (κ2) is 6.57. The van der Waals surface area contributed by atoms with Gasteiger partial charge in [0.05, 0.1) is 0 Å². The molecule has 2 unspecified atom stereocenters. The Labute approximate surface area is 126 Å². The summed E-state index contributed by atoms with van der Waals surface area (Å²) in [6.07, 6.45) is 0. The molecule has 0 aliphatic carbocycles.